The first-order chi connectivity index (χ1) is 15.3. The second kappa shape index (κ2) is 12.7. The number of nitrogens with zero attached hydrogens (tertiary/aromatic N) is 1. The second-order valence-electron chi connectivity index (χ2n) is 7.79. The molecule has 7 heteroatoms. The number of amides is 2. The highest BCUT2D eigenvalue weighted by Crippen LogP contribution is 2.24. The van der Waals surface area contributed by atoms with Gasteiger partial charge in [0.25, 0.3) is 5.91 Å². The number of halogens is 2. The summed E-state index contributed by atoms with van der Waals surface area (Å²) >= 11 is 12.4. The average molecular weight is 479 g/mol. The summed E-state index contributed by atoms with van der Waals surface area (Å²) in [5, 5.41) is 3.94. The molecule has 32 heavy (non-hydrogen) atoms. The van der Waals surface area contributed by atoms with Crippen LogP contribution in [0.25, 0.3) is 0 Å². The second-order valence-corrected chi connectivity index (χ2v) is 8.63. The molecule has 0 aromatic heterocycles. The first kappa shape index (κ1) is 26.0. The molecule has 1 N–H and O–H groups in total. The Kier molecular flexibility index (Phi) is 10.3. The highest BCUT2D eigenvalue weighted by atomic mass is 35.5. The molecule has 0 saturated carbocycles. The van der Waals surface area contributed by atoms with Crippen LogP contribution in [0.4, 0.5) is 0 Å². The fraction of sp³-hybridized carbons (Fsp3) is 0.440. The van der Waals surface area contributed by atoms with Crippen LogP contribution in [0.3, 0.4) is 0 Å². The summed E-state index contributed by atoms with van der Waals surface area (Å²) in [6, 6.07) is 12.1. The standard InChI is InChI=1S/C25H32Cl2N2O3/c1-5-17(4)28-25(31)23(7-3)29(15-19-10-11-20(26)14-22(19)27)24(30)16-32-21-12-8-18(6-2)9-13-21/h8-14,17,23H,5-7,15-16H2,1-4H3,(H,28,31)/t17-,23+/m0/s1. The maximum Gasteiger partial charge on any atom is 0.261 e. The Bertz CT molecular complexity index is 903. The zero-order valence-electron chi connectivity index (χ0n) is 19.2. The van der Waals surface area contributed by atoms with Gasteiger partial charge in [-0.3, -0.25) is 9.59 Å². The van der Waals surface area contributed by atoms with Gasteiger partial charge in [-0.05, 0) is 61.6 Å². The van der Waals surface area contributed by atoms with Crippen molar-refractivity contribution < 1.29 is 14.3 Å². The number of carbonyl (C=O) groups excluding carboxylic acids is 2. The highest BCUT2D eigenvalue weighted by Gasteiger charge is 2.30. The van der Waals surface area contributed by atoms with Gasteiger partial charge in [0.1, 0.15) is 11.8 Å². The number of hydrogen-bond donors (Lipinski definition) is 1. The molecule has 2 amide bonds. The summed E-state index contributed by atoms with van der Waals surface area (Å²) < 4.78 is 5.73. The first-order valence-electron chi connectivity index (χ1n) is 11.0. The first-order valence-corrected chi connectivity index (χ1v) is 11.8. The SMILES string of the molecule is CCc1ccc(OCC(=O)N(Cc2ccc(Cl)cc2Cl)[C@H](CC)C(=O)N[C@@H](C)CC)cc1. The average Bonchev–Trinajstić information content (AvgIpc) is 2.78. The van der Waals surface area contributed by atoms with Gasteiger partial charge in [0.15, 0.2) is 6.61 Å². The number of ether oxygens (including phenoxy) is 1. The molecule has 0 spiro atoms. The third-order valence-electron chi connectivity index (χ3n) is 5.44. The highest BCUT2D eigenvalue weighted by molar-refractivity contribution is 6.35. The van der Waals surface area contributed by atoms with Crippen LogP contribution < -0.4 is 10.1 Å². The molecule has 2 rings (SSSR count). The molecule has 5 nitrogen and oxygen atoms in total. The third kappa shape index (κ3) is 7.42. The van der Waals surface area contributed by atoms with Crippen molar-refractivity contribution in [3.05, 3.63) is 63.6 Å². The zero-order valence-corrected chi connectivity index (χ0v) is 20.7. The smallest absolute Gasteiger partial charge is 0.261 e. The summed E-state index contributed by atoms with van der Waals surface area (Å²) in [4.78, 5) is 27.7. The van der Waals surface area contributed by atoms with Gasteiger partial charge in [-0.25, -0.2) is 0 Å². The van der Waals surface area contributed by atoms with E-state index in [1.165, 1.54) is 10.5 Å². The molecule has 0 fully saturated rings. The zero-order chi connectivity index (χ0) is 23.7. The molecule has 0 aliphatic rings. The molecule has 0 bridgehead atoms. The van der Waals surface area contributed by atoms with Crippen molar-refractivity contribution in [2.24, 2.45) is 0 Å². The number of carbonyl (C=O) groups is 2. The van der Waals surface area contributed by atoms with Crippen LogP contribution in [0.1, 0.15) is 51.7 Å². The molecule has 0 radical (unpaired) electrons. The lowest BCUT2D eigenvalue weighted by Gasteiger charge is -2.31. The van der Waals surface area contributed by atoms with Crippen molar-refractivity contribution in [3.63, 3.8) is 0 Å². The van der Waals surface area contributed by atoms with E-state index in [1.807, 2.05) is 45.0 Å². The number of aryl methyl sites for hydroxylation is 1. The van der Waals surface area contributed by atoms with Gasteiger partial charge >= 0.3 is 0 Å². The van der Waals surface area contributed by atoms with Gasteiger partial charge < -0.3 is 15.0 Å². The quantitative estimate of drug-likeness (QED) is 0.453. The van der Waals surface area contributed by atoms with Gasteiger partial charge in [-0.2, -0.15) is 0 Å². The number of nitrogens with one attached hydrogen (secondary N) is 1. The maximum absolute atomic E-state index is 13.2. The minimum absolute atomic E-state index is 0.0148. The molecule has 0 saturated heterocycles. The van der Waals surface area contributed by atoms with E-state index in [0.717, 1.165) is 12.8 Å². The predicted molar refractivity (Wildman–Crippen MR) is 130 cm³/mol. The largest absolute Gasteiger partial charge is 0.484 e. The van der Waals surface area contributed by atoms with Crippen molar-refractivity contribution in [2.45, 2.75) is 65.6 Å². The minimum Gasteiger partial charge on any atom is -0.484 e. The number of hydrogen-bond acceptors (Lipinski definition) is 3. The summed E-state index contributed by atoms with van der Waals surface area (Å²) in [6.07, 6.45) is 2.19. The molecular weight excluding hydrogens is 447 g/mol. The van der Waals surface area contributed by atoms with E-state index in [2.05, 4.69) is 12.2 Å². The lowest BCUT2D eigenvalue weighted by molar-refractivity contribution is -0.143. The van der Waals surface area contributed by atoms with E-state index in [1.54, 1.807) is 18.2 Å². The van der Waals surface area contributed by atoms with Crippen LogP contribution in [0.2, 0.25) is 10.0 Å². The van der Waals surface area contributed by atoms with E-state index < -0.39 is 6.04 Å². The topological polar surface area (TPSA) is 58.6 Å². The molecule has 0 heterocycles. The predicted octanol–water partition coefficient (Wildman–Crippen LogP) is 5.66. The van der Waals surface area contributed by atoms with Crippen molar-refractivity contribution in [1.82, 2.24) is 10.2 Å². The van der Waals surface area contributed by atoms with Crippen molar-refractivity contribution in [2.75, 3.05) is 6.61 Å². The number of rotatable bonds is 11. The van der Waals surface area contributed by atoms with Gasteiger partial charge in [-0.15, -0.1) is 0 Å². The molecule has 2 aromatic carbocycles. The number of benzene rings is 2. The van der Waals surface area contributed by atoms with Crippen molar-refractivity contribution in [1.29, 1.82) is 0 Å². The lowest BCUT2D eigenvalue weighted by atomic mass is 10.1. The van der Waals surface area contributed by atoms with Crippen LogP contribution in [0, 0.1) is 0 Å². The van der Waals surface area contributed by atoms with Crippen LogP contribution in [-0.4, -0.2) is 35.4 Å². The Hall–Kier alpha value is -2.24. The minimum atomic E-state index is -0.644. The van der Waals surface area contributed by atoms with Gasteiger partial charge in [0, 0.05) is 22.6 Å². The Morgan fingerprint density at radius 3 is 2.28 bits per heavy atom. The summed E-state index contributed by atoms with van der Waals surface area (Å²) in [7, 11) is 0. The molecular formula is C25H32Cl2N2O3. The van der Waals surface area contributed by atoms with E-state index >= 15 is 0 Å². The summed E-state index contributed by atoms with van der Waals surface area (Å²) in [5.41, 5.74) is 1.90. The van der Waals surface area contributed by atoms with Crippen LogP contribution in [-0.2, 0) is 22.6 Å². The van der Waals surface area contributed by atoms with E-state index in [-0.39, 0.29) is 31.0 Å². The Morgan fingerprint density at radius 1 is 1.03 bits per heavy atom. The van der Waals surface area contributed by atoms with Crippen LogP contribution >= 0.6 is 23.2 Å². The molecule has 174 valence electrons. The van der Waals surface area contributed by atoms with Crippen molar-refractivity contribution >= 4 is 35.0 Å². The fourth-order valence-corrected chi connectivity index (χ4v) is 3.71. The summed E-state index contributed by atoms with van der Waals surface area (Å²) in [6.45, 7) is 7.91. The van der Waals surface area contributed by atoms with E-state index in [0.29, 0.717) is 27.8 Å². The van der Waals surface area contributed by atoms with Crippen molar-refractivity contribution in [3.8, 4) is 5.75 Å². The van der Waals surface area contributed by atoms with E-state index in [9.17, 15) is 9.59 Å². The van der Waals surface area contributed by atoms with E-state index in [4.69, 9.17) is 27.9 Å². The molecule has 2 aromatic rings. The fourth-order valence-electron chi connectivity index (χ4n) is 3.24. The monoisotopic (exact) mass is 478 g/mol. The molecule has 0 aliphatic heterocycles. The van der Waals surface area contributed by atoms with Gasteiger partial charge in [0.2, 0.25) is 5.91 Å². The van der Waals surface area contributed by atoms with Gasteiger partial charge in [0.05, 0.1) is 0 Å². The summed E-state index contributed by atoms with van der Waals surface area (Å²) in [5.74, 6) is 0.131. The normalized spacial score (nSPS) is 12.7. The molecule has 2 atom stereocenters. The Balaban J connectivity index is 2.23. The lowest BCUT2D eigenvalue weighted by Crippen LogP contribution is -2.51. The molecule has 0 unspecified atom stereocenters. The Labute approximate surface area is 201 Å². The third-order valence-corrected chi connectivity index (χ3v) is 6.02. The molecule has 0 aliphatic carbocycles. The van der Waals surface area contributed by atoms with Gasteiger partial charge in [-0.1, -0.05) is 62.2 Å². The van der Waals surface area contributed by atoms with Crippen LogP contribution in [0.5, 0.6) is 5.75 Å². The Morgan fingerprint density at radius 2 is 1.72 bits per heavy atom. The maximum atomic E-state index is 13.2. The van der Waals surface area contributed by atoms with Crippen LogP contribution in [0.15, 0.2) is 42.5 Å².